The van der Waals surface area contributed by atoms with Crippen LogP contribution in [0.4, 0.5) is 0 Å². The lowest BCUT2D eigenvalue weighted by Gasteiger charge is -2.12. The van der Waals surface area contributed by atoms with Gasteiger partial charge in [0.1, 0.15) is 18.5 Å². The second kappa shape index (κ2) is 7.76. The lowest BCUT2D eigenvalue weighted by atomic mass is 10.1. The summed E-state index contributed by atoms with van der Waals surface area (Å²) in [6.07, 6.45) is -0.729. The first kappa shape index (κ1) is 17.6. The Labute approximate surface area is 154 Å². The molecule has 1 N–H and O–H groups in total. The van der Waals surface area contributed by atoms with Crippen molar-refractivity contribution in [2.45, 2.75) is 26.5 Å². The van der Waals surface area contributed by atoms with E-state index in [0.29, 0.717) is 5.82 Å². The van der Waals surface area contributed by atoms with Gasteiger partial charge < -0.3 is 9.84 Å². The molecule has 0 spiro atoms. The lowest BCUT2D eigenvalue weighted by molar-refractivity contribution is 0.0849. The zero-order valence-corrected chi connectivity index (χ0v) is 15.6. The van der Waals surface area contributed by atoms with Crippen molar-refractivity contribution in [3.8, 4) is 17.1 Å². The molecule has 0 amide bonds. The normalized spacial score (nSPS) is 12.2. The summed E-state index contributed by atoms with van der Waals surface area (Å²) in [4.78, 5) is 1.38. The summed E-state index contributed by atoms with van der Waals surface area (Å²) in [5, 5.41) is 22.5. The number of aliphatic hydroxyl groups is 1. The first-order chi connectivity index (χ1) is 12.0. The molecule has 1 heterocycles. The molecular weight excluding hydrogens is 384 g/mol. The van der Waals surface area contributed by atoms with E-state index >= 15 is 0 Å². The number of aryl methyl sites for hydroxylation is 2. The molecule has 0 aliphatic rings. The zero-order chi connectivity index (χ0) is 17.8. The topological polar surface area (TPSA) is 73.1 Å². The molecule has 1 atom stereocenters. The van der Waals surface area contributed by atoms with Gasteiger partial charge in [0.15, 0.2) is 0 Å². The number of ether oxygens (including phenoxy) is 1. The average molecular weight is 403 g/mol. The summed E-state index contributed by atoms with van der Waals surface area (Å²) in [5.74, 6) is 1.27. The summed E-state index contributed by atoms with van der Waals surface area (Å²) in [6, 6.07) is 13.6. The summed E-state index contributed by atoms with van der Waals surface area (Å²) in [7, 11) is 0. The molecule has 0 saturated heterocycles. The number of hydrogen-bond donors (Lipinski definition) is 1. The molecule has 0 unspecified atom stereocenters. The van der Waals surface area contributed by atoms with Gasteiger partial charge in [0.2, 0.25) is 5.82 Å². The number of rotatable bonds is 6. The SMILES string of the molecule is Cc1cc(C)cc(OC[C@@H](O)Cn2nnc(-c3ccc(Br)cc3)n2)c1. The minimum Gasteiger partial charge on any atom is -0.491 e. The molecule has 25 heavy (non-hydrogen) atoms. The van der Waals surface area contributed by atoms with Crippen molar-refractivity contribution in [3.05, 3.63) is 58.1 Å². The third kappa shape index (κ3) is 4.87. The van der Waals surface area contributed by atoms with Gasteiger partial charge in [0.05, 0.1) is 6.54 Å². The van der Waals surface area contributed by atoms with E-state index in [1.54, 1.807) is 0 Å². The number of benzene rings is 2. The molecule has 6 nitrogen and oxygen atoms in total. The third-order valence-corrected chi connectivity index (χ3v) is 4.10. The number of aromatic nitrogens is 4. The third-order valence-electron chi connectivity index (χ3n) is 3.57. The van der Waals surface area contributed by atoms with Crippen molar-refractivity contribution in [2.75, 3.05) is 6.61 Å². The predicted molar refractivity (Wildman–Crippen MR) is 98.4 cm³/mol. The molecule has 1 aromatic heterocycles. The highest BCUT2D eigenvalue weighted by Gasteiger charge is 2.11. The van der Waals surface area contributed by atoms with Crippen LogP contribution in [0.5, 0.6) is 5.75 Å². The Morgan fingerprint density at radius 3 is 2.48 bits per heavy atom. The van der Waals surface area contributed by atoms with E-state index in [1.807, 2.05) is 50.2 Å². The largest absolute Gasteiger partial charge is 0.491 e. The molecule has 0 saturated carbocycles. The molecule has 0 aliphatic carbocycles. The molecule has 3 aromatic rings. The van der Waals surface area contributed by atoms with Gasteiger partial charge in [-0.25, -0.2) is 0 Å². The summed E-state index contributed by atoms with van der Waals surface area (Å²) in [5.41, 5.74) is 3.12. The van der Waals surface area contributed by atoms with Gasteiger partial charge in [0.25, 0.3) is 0 Å². The molecule has 0 radical (unpaired) electrons. The maximum absolute atomic E-state index is 10.2. The Kier molecular flexibility index (Phi) is 5.45. The van der Waals surface area contributed by atoms with Gasteiger partial charge in [-0.2, -0.15) is 4.80 Å². The first-order valence-corrected chi connectivity index (χ1v) is 8.72. The van der Waals surface area contributed by atoms with Crippen molar-refractivity contribution >= 4 is 15.9 Å². The van der Waals surface area contributed by atoms with Crippen molar-refractivity contribution in [1.82, 2.24) is 20.2 Å². The Morgan fingerprint density at radius 2 is 1.80 bits per heavy atom. The second-order valence-corrected chi connectivity index (χ2v) is 6.88. The molecule has 0 aliphatic heterocycles. The van der Waals surface area contributed by atoms with Gasteiger partial charge in [0, 0.05) is 10.0 Å². The highest BCUT2D eigenvalue weighted by atomic mass is 79.9. The maximum atomic E-state index is 10.2. The Balaban J connectivity index is 1.58. The molecule has 0 bridgehead atoms. The van der Waals surface area contributed by atoms with Crippen molar-refractivity contribution in [1.29, 1.82) is 0 Å². The molecule has 7 heteroatoms. The summed E-state index contributed by atoms with van der Waals surface area (Å²) in [6.45, 7) is 4.41. The van der Waals surface area contributed by atoms with Gasteiger partial charge in [-0.1, -0.05) is 22.0 Å². The Hall–Kier alpha value is -2.25. The van der Waals surface area contributed by atoms with Crippen LogP contribution in [-0.2, 0) is 6.54 Å². The number of aliphatic hydroxyl groups excluding tert-OH is 1. The fourth-order valence-electron chi connectivity index (χ4n) is 2.48. The van der Waals surface area contributed by atoms with Crippen molar-refractivity contribution < 1.29 is 9.84 Å². The van der Waals surface area contributed by atoms with Crippen LogP contribution in [0.2, 0.25) is 0 Å². The van der Waals surface area contributed by atoms with Crippen molar-refractivity contribution in [3.63, 3.8) is 0 Å². The molecule has 3 rings (SSSR count). The van der Waals surface area contributed by atoms with E-state index in [0.717, 1.165) is 26.9 Å². The molecule has 2 aromatic carbocycles. The molecular formula is C18H19BrN4O2. The summed E-state index contributed by atoms with van der Waals surface area (Å²) < 4.78 is 6.65. The minimum absolute atomic E-state index is 0.165. The quantitative estimate of drug-likeness (QED) is 0.685. The Morgan fingerprint density at radius 1 is 1.12 bits per heavy atom. The highest BCUT2D eigenvalue weighted by Crippen LogP contribution is 2.18. The monoisotopic (exact) mass is 402 g/mol. The van der Waals surface area contributed by atoms with Gasteiger partial charge in [-0.05, 0) is 66.6 Å². The van der Waals surface area contributed by atoms with E-state index in [9.17, 15) is 5.11 Å². The van der Waals surface area contributed by atoms with E-state index < -0.39 is 6.10 Å². The van der Waals surface area contributed by atoms with Crippen LogP contribution in [0, 0.1) is 13.8 Å². The standard InChI is InChI=1S/C18H19BrN4O2/c1-12-7-13(2)9-17(8-12)25-11-16(24)10-23-21-18(20-22-23)14-3-5-15(19)6-4-14/h3-9,16,24H,10-11H2,1-2H3/t16-/m0/s1. The number of tetrazole rings is 1. The zero-order valence-electron chi connectivity index (χ0n) is 14.1. The van der Waals surface area contributed by atoms with Crippen LogP contribution in [0.1, 0.15) is 11.1 Å². The van der Waals surface area contributed by atoms with E-state index in [1.165, 1.54) is 4.80 Å². The van der Waals surface area contributed by atoms with Gasteiger partial charge >= 0.3 is 0 Å². The first-order valence-electron chi connectivity index (χ1n) is 7.92. The van der Waals surface area contributed by atoms with Crippen LogP contribution in [0.25, 0.3) is 11.4 Å². The fraction of sp³-hybridized carbons (Fsp3) is 0.278. The number of nitrogens with zero attached hydrogens (tertiary/aromatic N) is 4. The minimum atomic E-state index is -0.729. The highest BCUT2D eigenvalue weighted by molar-refractivity contribution is 9.10. The van der Waals surface area contributed by atoms with Crippen LogP contribution >= 0.6 is 15.9 Å². The second-order valence-electron chi connectivity index (χ2n) is 5.96. The average Bonchev–Trinajstić information content (AvgIpc) is 3.01. The van der Waals surface area contributed by atoms with E-state index in [-0.39, 0.29) is 13.2 Å². The smallest absolute Gasteiger partial charge is 0.204 e. The number of hydrogen-bond acceptors (Lipinski definition) is 5. The number of halogens is 1. The molecule has 0 fully saturated rings. The van der Waals surface area contributed by atoms with Crippen molar-refractivity contribution in [2.24, 2.45) is 0 Å². The Bertz CT molecular complexity index is 828. The fourth-order valence-corrected chi connectivity index (χ4v) is 2.75. The maximum Gasteiger partial charge on any atom is 0.204 e. The van der Waals surface area contributed by atoms with E-state index in [2.05, 4.69) is 37.4 Å². The summed E-state index contributed by atoms with van der Waals surface area (Å²) >= 11 is 3.39. The molecule has 130 valence electrons. The van der Waals surface area contributed by atoms with Gasteiger partial charge in [-0.3, -0.25) is 0 Å². The van der Waals surface area contributed by atoms with Gasteiger partial charge in [-0.15, -0.1) is 10.2 Å². The lowest BCUT2D eigenvalue weighted by Crippen LogP contribution is -2.25. The predicted octanol–water partition coefficient (Wildman–Crippen LogP) is 3.16. The van der Waals surface area contributed by atoms with E-state index in [4.69, 9.17) is 4.74 Å². The van der Waals surface area contributed by atoms with Crippen LogP contribution in [-0.4, -0.2) is 38.0 Å². The van der Waals surface area contributed by atoms with Crippen LogP contribution < -0.4 is 4.74 Å². The van der Waals surface area contributed by atoms with Crippen LogP contribution in [0.15, 0.2) is 46.9 Å². The van der Waals surface area contributed by atoms with Crippen LogP contribution in [0.3, 0.4) is 0 Å².